The van der Waals surface area contributed by atoms with E-state index in [9.17, 15) is 0 Å². The van der Waals surface area contributed by atoms with Gasteiger partial charge in [-0.2, -0.15) is 0 Å². The van der Waals surface area contributed by atoms with Crippen LogP contribution in [0.5, 0.6) is 0 Å². The molecule has 0 bridgehead atoms. The second-order valence-corrected chi connectivity index (χ2v) is 5.90. The van der Waals surface area contributed by atoms with Crippen molar-refractivity contribution in [3.05, 3.63) is 53.9 Å². The van der Waals surface area contributed by atoms with Gasteiger partial charge < -0.3 is 5.32 Å². The molecule has 0 aliphatic heterocycles. The van der Waals surface area contributed by atoms with E-state index in [2.05, 4.69) is 32.5 Å². The Kier molecular flexibility index (Phi) is 3.47. The van der Waals surface area contributed by atoms with Crippen LogP contribution < -0.4 is 5.32 Å². The molecule has 0 saturated heterocycles. The van der Waals surface area contributed by atoms with Crippen LogP contribution in [0.1, 0.15) is 12.7 Å². The van der Waals surface area contributed by atoms with Crippen molar-refractivity contribution in [3.63, 3.8) is 0 Å². The van der Waals surface area contributed by atoms with E-state index in [1.165, 1.54) is 0 Å². The lowest BCUT2D eigenvalue weighted by Gasteiger charge is -2.09. The lowest BCUT2D eigenvalue weighted by atomic mass is 10.2. The molecule has 1 aromatic carbocycles. The molecule has 3 aromatic heterocycles. The summed E-state index contributed by atoms with van der Waals surface area (Å²) in [6.07, 6.45) is 4.28. The Morgan fingerprint density at radius 3 is 3.00 bits per heavy atom. The molecule has 0 radical (unpaired) electrons. The molecule has 0 atom stereocenters. The van der Waals surface area contributed by atoms with E-state index in [-0.39, 0.29) is 0 Å². The second kappa shape index (κ2) is 5.77. The Hall–Kier alpha value is -2.80. The minimum atomic E-state index is 0.807. The zero-order chi connectivity index (χ0) is 15.6. The van der Waals surface area contributed by atoms with Crippen molar-refractivity contribution in [2.45, 2.75) is 13.3 Å². The van der Waals surface area contributed by atoms with Gasteiger partial charge in [-0.3, -0.25) is 0 Å². The first-order valence-corrected chi connectivity index (χ1v) is 8.19. The fourth-order valence-corrected chi connectivity index (χ4v) is 3.14. The van der Waals surface area contributed by atoms with Crippen LogP contribution in [0.15, 0.2) is 48.1 Å². The minimum Gasteiger partial charge on any atom is -0.340 e. The van der Waals surface area contributed by atoms with Gasteiger partial charge in [0.15, 0.2) is 0 Å². The Morgan fingerprint density at radius 2 is 2.17 bits per heavy atom. The summed E-state index contributed by atoms with van der Waals surface area (Å²) >= 11 is 1.63. The highest BCUT2D eigenvalue weighted by Crippen LogP contribution is 2.28. The number of hydrogen-bond donors (Lipinski definition) is 1. The first-order valence-electron chi connectivity index (χ1n) is 7.31. The molecule has 0 fully saturated rings. The van der Waals surface area contributed by atoms with E-state index in [0.717, 1.165) is 39.7 Å². The van der Waals surface area contributed by atoms with Crippen molar-refractivity contribution >= 4 is 33.1 Å². The van der Waals surface area contributed by atoms with Gasteiger partial charge in [-0.15, -0.1) is 16.4 Å². The molecule has 0 saturated carbocycles. The maximum atomic E-state index is 4.63. The Morgan fingerprint density at radius 1 is 1.22 bits per heavy atom. The standard InChI is InChI=1S/C16H14N6S/c1-2-14-19-15(13-6-9-23-16(13)20-14)18-11-4-3-5-12(10-11)22-8-7-17-21-22/h3-10H,2H2,1H3,(H,18,19,20). The van der Waals surface area contributed by atoms with Crippen LogP contribution in [0.2, 0.25) is 0 Å². The highest BCUT2D eigenvalue weighted by molar-refractivity contribution is 7.16. The second-order valence-electron chi connectivity index (χ2n) is 5.00. The third-order valence-corrected chi connectivity index (χ3v) is 4.29. The van der Waals surface area contributed by atoms with Gasteiger partial charge in [0.25, 0.3) is 0 Å². The highest BCUT2D eigenvalue weighted by Gasteiger charge is 2.09. The predicted octanol–water partition coefficient (Wildman–Crippen LogP) is 3.58. The van der Waals surface area contributed by atoms with Gasteiger partial charge in [-0.25, -0.2) is 14.6 Å². The summed E-state index contributed by atoms with van der Waals surface area (Å²) in [6, 6.07) is 10.0. The van der Waals surface area contributed by atoms with E-state index in [4.69, 9.17) is 0 Å². The predicted molar refractivity (Wildman–Crippen MR) is 91.4 cm³/mol. The van der Waals surface area contributed by atoms with Gasteiger partial charge in [0, 0.05) is 12.1 Å². The van der Waals surface area contributed by atoms with Crippen LogP contribution >= 0.6 is 11.3 Å². The average Bonchev–Trinajstić information content (AvgIpc) is 3.26. The fourth-order valence-electron chi connectivity index (χ4n) is 2.36. The molecule has 0 aliphatic carbocycles. The number of nitrogens with one attached hydrogen (secondary N) is 1. The molecule has 0 aliphatic rings. The van der Waals surface area contributed by atoms with Crippen molar-refractivity contribution in [1.82, 2.24) is 25.0 Å². The van der Waals surface area contributed by atoms with Gasteiger partial charge in [0.2, 0.25) is 0 Å². The quantitative estimate of drug-likeness (QED) is 0.622. The Labute approximate surface area is 136 Å². The van der Waals surface area contributed by atoms with E-state index in [1.54, 1.807) is 22.2 Å². The summed E-state index contributed by atoms with van der Waals surface area (Å²) in [6.45, 7) is 2.06. The lowest BCUT2D eigenvalue weighted by Crippen LogP contribution is -2.01. The molecule has 0 unspecified atom stereocenters. The summed E-state index contributed by atoms with van der Waals surface area (Å²) in [7, 11) is 0. The summed E-state index contributed by atoms with van der Waals surface area (Å²) in [4.78, 5) is 10.2. The normalized spacial score (nSPS) is 11.0. The Balaban J connectivity index is 1.73. The minimum absolute atomic E-state index is 0.807. The summed E-state index contributed by atoms with van der Waals surface area (Å²) in [5.41, 5.74) is 1.89. The molecule has 4 rings (SSSR count). The van der Waals surface area contributed by atoms with Crippen molar-refractivity contribution < 1.29 is 0 Å². The molecule has 6 nitrogen and oxygen atoms in total. The molecular formula is C16H14N6S. The number of hydrogen-bond acceptors (Lipinski definition) is 6. The average molecular weight is 322 g/mol. The topological polar surface area (TPSA) is 68.5 Å². The first kappa shape index (κ1) is 13.8. The van der Waals surface area contributed by atoms with Crippen LogP contribution in [0.4, 0.5) is 11.5 Å². The molecule has 1 N–H and O–H groups in total. The van der Waals surface area contributed by atoms with Crippen molar-refractivity contribution in [2.75, 3.05) is 5.32 Å². The molecule has 0 spiro atoms. The largest absolute Gasteiger partial charge is 0.340 e. The monoisotopic (exact) mass is 322 g/mol. The molecule has 23 heavy (non-hydrogen) atoms. The summed E-state index contributed by atoms with van der Waals surface area (Å²) in [5, 5.41) is 14.3. The highest BCUT2D eigenvalue weighted by atomic mass is 32.1. The van der Waals surface area contributed by atoms with Crippen molar-refractivity contribution in [2.24, 2.45) is 0 Å². The summed E-state index contributed by atoms with van der Waals surface area (Å²) < 4.78 is 1.73. The number of nitrogens with zero attached hydrogens (tertiary/aromatic N) is 5. The number of fused-ring (bicyclic) bond motifs is 1. The van der Waals surface area contributed by atoms with E-state index >= 15 is 0 Å². The molecule has 114 valence electrons. The van der Waals surface area contributed by atoms with E-state index in [0.29, 0.717) is 0 Å². The van der Waals surface area contributed by atoms with Crippen LogP contribution in [-0.2, 0) is 6.42 Å². The maximum Gasteiger partial charge on any atom is 0.142 e. The van der Waals surface area contributed by atoms with Crippen LogP contribution in [-0.4, -0.2) is 25.0 Å². The smallest absolute Gasteiger partial charge is 0.142 e. The van der Waals surface area contributed by atoms with Gasteiger partial charge in [-0.05, 0) is 29.6 Å². The zero-order valence-electron chi connectivity index (χ0n) is 12.5. The number of thiophene rings is 1. The van der Waals surface area contributed by atoms with E-state index < -0.39 is 0 Å². The van der Waals surface area contributed by atoms with Gasteiger partial charge in [-0.1, -0.05) is 18.2 Å². The third-order valence-electron chi connectivity index (χ3n) is 3.48. The van der Waals surface area contributed by atoms with E-state index in [1.807, 2.05) is 41.9 Å². The fraction of sp³-hybridized carbons (Fsp3) is 0.125. The third kappa shape index (κ3) is 2.66. The number of benzene rings is 1. The SMILES string of the molecule is CCc1nc(Nc2cccc(-n3ccnn3)c2)c2ccsc2n1. The van der Waals surface area contributed by atoms with Crippen molar-refractivity contribution in [3.8, 4) is 5.69 Å². The van der Waals surface area contributed by atoms with Crippen LogP contribution in [0.3, 0.4) is 0 Å². The first-order chi connectivity index (χ1) is 11.3. The molecule has 3 heterocycles. The summed E-state index contributed by atoms with van der Waals surface area (Å²) in [5.74, 6) is 1.68. The number of rotatable bonds is 4. The van der Waals surface area contributed by atoms with Crippen LogP contribution in [0.25, 0.3) is 15.9 Å². The molecular weight excluding hydrogens is 308 g/mol. The maximum absolute atomic E-state index is 4.63. The van der Waals surface area contributed by atoms with Gasteiger partial charge in [0.05, 0.1) is 23.5 Å². The number of aromatic nitrogens is 5. The van der Waals surface area contributed by atoms with Gasteiger partial charge >= 0.3 is 0 Å². The molecule has 7 heteroatoms. The molecule has 0 amide bonds. The Bertz CT molecular complexity index is 944. The molecule has 4 aromatic rings. The number of aryl methyl sites for hydroxylation is 1. The van der Waals surface area contributed by atoms with Crippen molar-refractivity contribution in [1.29, 1.82) is 0 Å². The van der Waals surface area contributed by atoms with Gasteiger partial charge in [0.1, 0.15) is 16.5 Å². The number of anilines is 2. The zero-order valence-corrected chi connectivity index (χ0v) is 13.3. The lowest BCUT2D eigenvalue weighted by molar-refractivity contribution is 0.803. The van der Waals surface area contributed by atoms with Crippen LogP contribution in [0, 0.1) is 0 Å².